The van der Waals surface area contributed by atoms with E-state index in [1.165, 1.54) is 0 Å². The molecule has 0 amide bonds. The van der Waals surface area contributed by atoms with Gasteiger partial charge >= 0.3 is 0 Å². The molecule has 0 saturated carbocycles. The van der Waals surface area contributed by atoms with Crippen LogP contribution in [0.4, 0.5) is 0 Å². The molecular formula is C17H23ClN4O. The lowest BCUT2D eigenvalue weighted by molar-refractivity contribution is 0.392. The second-order valence-electron chi connectivity index (χ2n) is 5.27. The third-order valence-electron chi connectivity index (χ3n) is 3.56. The summed E-state index contributed by atoms with van der Waals surface area (Å²) >= 11 is 6.16. The minimum absolute atomic E-state index is 0.542. The number of aromatic nitrogens is 1. The van der Waals surface area contributed by atoms with Gasteiger partial charge in [-0.25, -0.2) is 4.99 Å². The molecule has 1 aromatic carbocycles. The number of aryl methyl sites for hydroxylation is 2. The first-order chi connectivity index (χ1) is 11.1. The minimum atomic E-state index is 0.542. The van der Waals surface area contributed by atoms with Crippen molar-refractivity contribution in [2.45, 2.75) is 33.7 Å². The number of benzene rings is 1. The Morgan fingerprint density at radius 2 is 2.04 bits per heavy atom. The Labute approximate surface area is 142 Å². The molecule has 0 fully saturated rings. The number of halogens is 1. The zero-order chi connectivity index (χ0) is 16.7. The van der Waals surface area contributed by atoms with Crippen molar-refractivity contribution in [2.75, 3.05) is 13.1 Å². The number of hydrogen-bond donors (Lipinski definition) is 2. The molecule has 0 spiro atoms. The van der Waals surface area contributed by atoms with Crippen molar-refractivity contribution in [1.29, 1.82) is 0 Å². The molecule has 0 aliphatic carbocycles. The van der Waals surface area contributed by atoms with Crippen LogP contribution >= 0.6 is 11.6 Å². The van der Waals surface area contributed by atoms with E-state index in [1.807, 2.05) is 45.0 Å². The molecule has 0 bridgehead atoms. The zero-order valence-corrected chi connectivity index (χ0v) is 14.6. The molecule has 2 N–H and O–H groups in total. The van der Waals surface area contributed by atoms with Crippen molar-refractivity contribution in [3.8, 4) is 0 Å². The molecule has 1 heterocycles. The molecule has 124 valence electrons. The smallest absolute Gasteiger partial charge is 0.191 e. The maximum absolute atomic E-state index is 6.16. The lowest BCUT2D eigenvalue weighted by Crippen LogP contribution is -2.38. The predicted octanol–water partition coefficient (Wildman–Crippen LogP) is 3.24. The Morgan fingerprint density at radius 1 is 1.26 bits per heavy atom. The molecule has 2 rings (SSSR count). The molecule has 23 heavy (non-hydrogen) atoms. The van der Waals surface area contributed by atoms with Gasteiger partial charge in [0, 0.05) is 23.7 Å². The number of guanidine groups is 1. The van der Waals surface area contributed by atoms with Crippen LogP contribution in [0.5, 0.6) is 0 Å². The van der Waals surface area contributed by atoms with Gasteiger partial charge in [-0.15, -0.1) is 0 Å². The summed E-state index contributed by atoms with van der Waals surface area (Å²) in [4.78, 5) is 4.58. The van der Waals surface area contributed by atoms with Gasteiger partial charge in [0.1, 0.15) is 5.76 Å². The average molecular weight is 335 g/mol. The molecule has 1 aromatic heterocycles. The second kappa shape index (κ2) is 8.58. The predicted molar refractivity (Wildman–Crippen MR) is 94.0 cm³/mol. The monoisotopic (exact) mass is 334 g/mol. The van der Waals surface area contributed by atoms with Gasteiger partial charge < -0.3 is 15.2 Å². The quantitative estimate of drug-likeness (QED) is 0.629. The molecule has 0 aliphatic heterocycles. The van der Waals surface area contributed by atoms with E-state index in [2.05, 4.69) is 20.8 Å². The zero-order valence-electron chi connectivity index (χ0n) is 13.8. The van der Waals surface area contributed by atoms with Gasteiger partial charge in [-0.3, -0.25) is 0 Å². The van der Waals surface area contributed by atoms with Crippen LogP contribution in [0.3, 0.4) is 0 Å². The number of aliphatic imine (C=N–C) groups is 1. The van der Waals surface area contributed by atoms with Crippen LogP contribution < -0.4 is 10.6 Å². The normalized spacial score (nSPS) is 11.6. The van der Waals surface area contributed by atoms with E-state index in [4.69, 9.17) is 16.1 Å². The highest BCUT2D eigenvalue weighted by atomic mass is 35.5. The van der Waals surface area contributed by atoms with Crippen molar-refractivity contribution in [3.05, 3.63) is 51.9 Å². The van der Waals surface area contributed by atoms with E-state index in [0.717, 1.165) is 53.1 Å². The van der Waals surface area contributed by atoms with Crippen molar-refractivity contribution >= 4 is 17.6 Å². The van der Waals surface area contributed by atoms with Crippen molar-refractivity contribution < 1.29 is 4.52 Å². The Bertz CT molecular complexity index is 647. The van der Waals surface area contributed by atoms with Gasteiger partial charge in [0.2, 0.25) is 0 Å². The van der Waals surface area contributed by atoms with Crippen LogP contribution in [-0.2, 0) is 13.0 Å². The van der Waals surface area contributed by atoms with Crippen LogP contribution in [0, 0.1) is 13.8 Å². The average Bonchev–Trinajstić information content (AvgIpc) is 2.85. The number of nitrogens with one attached hydrogen (secondary N) is 2. The number of rotatable bonds is 6. The first-order valence-corrected chi connectivity index (χ1v) is 8.17. The fourth-order valence-corrected chi connectivity index (χ4v) is 2.49. The lowest BCUT2D eigenvalue weighted by Gasteiger charge is -2.11. The maximum Gasteiger partial charge on any atom is 0.191 e. The van der Waals surface area contributed by atoms with Crippen LogP contribution in [0.15, 0.2) is 33.8 Å². The van der Waals surface area contributed by atoms with E-state index in [9.17, 15) is 0 Å². The summed E-state index contributed by atoms with van der Waals surface area (Å²) < 4.78 is 5.18. The molecule has 0 unspecified atom stereocenters. The Morgan fingerprint density at radius 3 is 2.70 bits per heavy atom. The van der Waals surface area contributed by atoms with E-state index >= 15 is 0 Å². The summed E-state index contributed by atoms with van der Waals surface area (Å²) in [6, 6.07) is 7.75. The minimum Gasteiger partial charge on any atom is -0.361 e. The first-order valence-electron chi connectivity index (χ1n) is 7.79. The van der Waals surface area contributed by atoms with E-state index in [0.29, 0.717) is 6.54 Å². The number of nitrogens with zero attached hydrogens (tertiary/aromatic N) is 2. The third kappa shape index (κ3) is 4.99. The van der Waals surface area contributed by atoms with Gasteiger partial charge in [-0.1, -0.05) is 35.0 Å². The second-order valence-corrected chi connectivity index (χ2v) is 5.67. The van der Waals surface area contributed by atoms with Gasteiger partial charge in [0.05, 0.1) is 12.2 Å². The van der Waals surface area contributed by atoms with Gasteiger partial charge in [-0.05, 0) is 38.8 Å². The van der Waals surface area contributed by atoms with Crippen molar-refractivity contribution in [2.24, 2.45) is 4.99 Å². The number of hydrogen-bond acceptors (Lipinski definition) is 3. The topological polar surface area (TPSA) is 62.5 Å². The molecule has 0 aliphatic rings. The SMILES string of the molecule is CCNC(=NCc1ccccc1Cl)NCCc1c(C)noc1C. The first kappa shape index (κ1) is 17.3. The largest absolute Gasteiger partial charge is 0.361 e. The summed E-state index contributed by atoms with van der Waals surface area (Å²) in [5.74, 6) is 1.65. The summed E-state index contributed by atoms with van der Waals surface area (Å²) in [5.41, 5.74) is 3.11. The Balaban J connectivity index is 1.93. The molecular weight excluding hydrogens is 312 g/mol. The fourth-order valence-electron chi connectivity index (χ4n) is 2.30. The van der Waals surface area contributed by atoms with Gasteiger partial charge in [-0.2, -0.15) is 0 Å². The van der Waals surface area contributed by atoms with Crippen molar-refractivity contribution in [3.63, 3.8) is 0 Å². The Hall–Kier alpha value is -2.01. The summed E-state index contributed by atoms with van der Waals surface area (Å²) in [6.45, 7) is 8.05. The highest BCUT2D eigenvalue weighted by molar-refractivity contribution is 6.31. The van der Waals surface area contributed by atoms with E-state index in [1.54, 1.807) is 0 Å². The van der Waals surface area contributed by atoms with Crippen LogP contribution in [0.1, 0.15) is 29.5 Å². The van der Waals surface area contributed by atoms with E-state index in [-0.39, 0.29) is 0 Å². The van der Waals surface area contributed by atoms with E-state index < -0.39 is 0 Å². The molecule has 5 nitrogen and oxygen atoms in total. The third-order valence-corrected chi connectivity index (χ3v) is 3.93. The summed E-state index contributed by atoms with van der Waals surface area (Å²) in [7, 11) is 0. The molecule has 6 heteroatoms. The summed E-state index contributed by atoms with van der Waals surface area (Å²) in [5, 5.41) is 11.3. The molecule has 0 saturated heterocycles. The van der Waals surface area contributed by atoms with Crippen LogP contribution in [0.25, 0.3) is 0 Å². The molecule has 0 radical (unpaired) electrons. The lowest BCUT2D eigenvalue weighted by atomic mass is 10.1. The fraction of sp³-hybridized carbons (Fsp3) is 0.412. The highest BCUT2D eigenvalue weighted by Gasteiger charge is 2.08. The molecule has 2 aromatic rings. The van der Waals surface area contributed by atoms with Crippen LogP contribution in [-0.4, -0.2) is 24.2 Å². The Kier molecular flexibility index (Phi) is 6.47. The van der Waals surface area contributed by atoms with Crippen LogP contribution in [0.2, 0.25) is 5.02 Å². The highest BCUT2D eigenvalue weighted by Crippen LogP contribution is 2.15. The van der Waals surface area contributed by atoms with Crippen molar-refractivity contribution in [1.82, 2.24) is 15.8 Å². The molecule has 0 atom stereocenters. The standard InChI is InChI=1S/C17H23ClN4O/c1-4-19-17(21-11-14-7-5-6-8-16(14)18)20-10-9-15-12(2)22-23-13(15)3/h5-8H,4,9-11H2,1-3H3,(H2,19,20,21). The maximum atomic E-state index is 6.16. The van der Waals surface area contributed by atoms with Gasteiger partial charge in [0.15, 0.2) is 5.96 Å². The summed E-state index contributed by atoms with van der Waals surface area (Å²) in [6.07, 6.45) is 0.845. The van der Waals surface area contributed by atoms with Gasteiger partial charge in [0.25, 0.3) is 0 Å².